The third-order valence-electron chi connectivity index (χ3n) is 6.19. The molecule has 1 amide bonds. The molecular weight excluding hydrogens is 396 g/mol. The normalized spacial score (nSPS) is 14.8. The van der Waals surface area contributed by atoms with Crippen molar-refractivity contribution in [2.24, 2.45) is 0 Å². The van der Waals surface area contributed by atoms with Crippen molar-refractivity contribution < 1.29 is 13.6 Å². The highest BCUT2D eigenvalue weighted by Crippen LogP contribution is 2.33. The number of benzene rings is 2. The number of halogens is 2. The summed E-state index contributed by atoms with van der Waals surface area (Å²) in [5.74, 6) is -0.692. The van der Waals surface area contributed by atoms with Gasteiger partial charge >= 0.3 is 0 Å². The van der Waals surface area contributed by atoms with E-state index >= 15 is 0 Å². The first kappa shape index (κ1) is 21.5. The lowest BCUT2D eigenvalue weighted by Crippen LogP contribution is -2.15. The molecule has 0 aliphatic heterocycles. The fourth-order valence-electron chi connectivity index (χ4n) is 4.44. The number of aromatic nitrogens is 2. The number of aromatic amines is 1. The summed E-state index contributed by atoms with van der Waals surface area (Å²) in [6.45, 7) is 2.15. The van der Waals surface area contributed by atoms with Crippen molar-refractivity contribution in [1.29, 1.82) is 0 Å². The molecule has 0 bridgehead atoms. The second kappa shape index (κ2) is 9.58. The SMILES string of the molecule is CCCCCc1cc2[nH]c(C3CCCCC3)nc2cc1NC(=O)c1ccc(F)cc1F. The minimum Gasteiger partial charge on any atom is -0.342 e. The van der Waals surface area contributed by atoms with E-state index in [1.54, 1.807) is 0 Å². The molecule has 0 saturated heterocycles. The number of nitrogens with one attached hydrogen (secondary N) is 2. The summed E-state index contributed by atoms with van der Waals surface area (Å²) < 4.78 is 27.3. The number of rotatable bonds is 7. The second-order valence-corrected chi connectivity index (χ2v) is 8.52. The highest BCUT2D eigenvalue weighted by atomic mass is 19.1. The summed E-state index contributed by atoms with van der Waals surface area (Å²) >= 11 is 0. The predicted octanol–water partition coefficient (Wildman–Crippen LogP) is 6.87. The molecule has 164 valence electrons. The number of carbonyl (C=O) groups is 1. The van der Waals surface area contributed by atoms with Crippen molar-refractivity contribution in [2.75, 3.05) is 5.32 Å². The van der Waals surface area contributed by atoms with Crippen LogP contribution in [-0.4, -0.2) is 15.9 Å². The van der Waals surface area contributed by atoms with Crippen LogP contribution in [0.4, 0.5) is 14.5 Å². The molecule has 4 rings (SSSR count). The number of nitrogens with zero attached hydrogens (tertiary/aromatic N) is 1. The van der Waals surface area contributed by atoms with Gasteiger partial charge in [0.1, 0.15) is 17.5 Å². The Hall–Kier alpha value is -2.76. The van der Waals surface area contributed by atoms with Gasteiger partial charge in [-0.1, -0.05) is 39.0 Å². The molecule has 3 aromatic rings. The van der Waals surface area contributed by atoms with Crippen molar-refractivity contribution >= 4 is 22.6 Å². The summed E-state index contributed by atoms with van der Waals surface area (Å²) in [5.41, 5.74) is 3.23. The Morgan fingerprint density at radius 3 is 2.68 bits per heavy atom. The minimum absolute atomic E-state index is 0.175. The fourth-order valence-corrected chi connectivity index (χ4v) is 4.44. The van der Waals surface area contributed by atoms with Crippen LogP contribution in [0.2, 0.25) is 0 Å². The van der Waals surface area contributed by atoms with Gasteiger partial charge in [0, 0.05) is 17.7 Å². The molecule has 6 heteroatoms. The van der Waals surface area contributed by atoms with Crippen LogP contribution in [0.3, 0.4) is 0 Å². The summed E-state index contributed by atoms with van der Waals surface area (Å²) in [5, 5.41) is 2.84. The quantitative estimate of drug-likeness (QED) is 0.406. The zero-order chi connectivity index (χ0) is 21.8. The zero-order valence-corrected chi connectivity index (χ0v) is 17.9. The van der Waals surface area contributed by atoms with E-state index in [9.17, 15) is 13.6 Å². The maximum atomic E-state index is 14.1. The first-order valence-electron chi connectivity index (χ1n) is 11.3. The van der Waals surface area contributed by atoms with E-state index < -0.39 is 17.5 Å². The van der Waals surface area contributed by atoms with Crippen LogP contribution in [0.1, 0.15) is 86.0 Å². The van der Waals surface area contributed by atoms with Gasteiger partial charge in [0.05, 0.1) is 16.6 Å². The monoisotopic (exact) mass is 425 g/mol. The molecule has 2 aromatic carbocycles. The second-order valence-electron chi connectivity index (χ2n) is 8.52. The maximum Gasteiger partial charge on any atom is 0.258 e. The number of unbranched alkanes of at least 4 members (excludes halogenated alkanes) is 2. The summed E-state index contributed by atoms with van der Waals surface area (Å²) in [6.07, 6.45) is 10.0. The van der Waals surface area contributed by atoms with Crippen LogP contribution >= 0.6 is 0 Å². The third-order valence-corrected chi connectivity index (χ3v) is 6.19. The van der Waals surface area contributed by atoms with E-state index in [-0.39, 0.29) is 5.56 Å². The average molecular weight is 426 g/mol. The first-order chi connectivity index (χ1) is 15.0. The summed E-state index contributed by atoms with van der Waals surface area (Å²) in [4.78, 5) is 21.0. The molecule has 0 radical (unpaired) electrons. The fraction of sp³-hybridized carbons (Fsp3) is 0.440. The maximum absolute atomic E-state index is 14.1. The Labute approximate surface area is 181 Å². The summed E-state index contributed by atoms with van der Waals surface area (Å²) in [6, 6.07) is 6.92. The molecule has 1 fully saturated rings. The van der Waals surface area contributed by atoms with Crippen LogP contribution in [0.5, 0.6) is 0 Å². The van der Waals surface area contributed by atoms with E-state index in [0.717, 1.165) is 73.1 Å². The lowest BCUT2D eigenvalue weighted by Gasteiger charge is -2.18. The van der Waals surface area contributed by atoms with E-state index in [1.165, 1.54) is 25.3 Å². The van der Waals surface area contributed by atoms with Crippen LogP contribution in [0.15, 0.2) is 30.3 Å². The Balaban J connectivity index is 1.65. The number of hydrogen-bond donors (Lipinski definition) is 2. The van der Waals surface area contributed by atoms with E-state index in [0.29, 0.717) is 11.6 Å². The van der Waals surface area contributed by atoms with Gasteiger partial charge in [0.15, 0.2) is 0 Å². The number of anilines is 1. The number of hydrogen-bond acceptors (Lipinski definition) is 2. The topological polar surface area (TPSA) is 57.8 Å². The van der Waals surface area contributed by atoms with Crippen molar-refractivity contribution in [1.82, 2.24) is 9.97 Å². The van der Waals surface area contributed by atoms with Gasteiger partial charge in [-0.15, -0.1) is 0 Å². The van der Waals surface area contributed by atoms with Crippen molar-refractivity contribution in [3.05, 3.63) is 58.9 Å². The Morgan fingerprint density at radius 2 is 1.94 bits per heavy atom. The number of fused-ring (bicyclic) bond motifs is 1. The molecule has 1 aliphatic rings. The van der Waals surface area contributed by atoms with Gasteiger partial charge in [0.2, 0.25) is 0 Å². The molecule has 2 N–H and O–H groups in total. The van der Waals surface area contributed by atoms with Gasteiger partial charge in [-0.2, -0.15) is 0 Å². The van der Waals surface area contributed by atoms with E-state index in [1.807, 2.05) is 6.07 Å². The molecule has 1 heterocycles. The van der Waals surface area contributed by atoms with Crippen LogP contribution < -0.4 is 5.32 Å². The lowest BCUT2D eigenvalue weighted by molar-refractivity contribution is 0.102. The van der Waals surface area contributed by atoms with E-state index in [4.69, 9.17) is 4.98 Å². The Morgan fingerprint density at radius 1 is 1.13 bits per heavy atom. The van der Waals surface area contributed by atoms with Gasteiger partial charge in [-0.05, 0) is 55.5 Å². The van der Waals surface area contributed by atoms with Gasteiger partial charge in [-0.3, -0.25) is 4.79 Å². The molecule has 1 saturated carbocycles. The highest BCUT2D eigenvalue weighted by Gasteiger charge is 2.20. The molecule has 0 unspecified atom stereocenters. The smallest absolute Gasteiger partial charge is 0.258 e. The van der Waals surface area contributed by atoms with Crippen LogP contribution in [-0.2, 0) is 6.42 Å². The van der Waals surface area contributed by atoms with E-state index in [2.05, 4.69) is 23.3 Å². The molecule has 1 aliphatic carbocycles. The van der Waals surface area contributed by atoms with Gasteiger partial charge < -0.3 is 10.3 Å². The molecular formula is C25H29F2N3O. The summed E-state index contributed by atoms with van der Waals surface area (Å²) in [7, 11) is 0. The first-order valence-corrected chi connectivity index (χ1v) is 11.3. The number of aryl methyl sites for hydroxylation is 1. The van der Waals surface area contributed by atoms with Crippen molar-refractivity contribution in [2.45, 2.75) is 70.6 Å². The molecule has 0 atom stereocenters. The predicted molar refractivity (Wildman–Crippen MR) is 119 cm³/mol. The Bertz CT molecular complexity index is 1070. The number of carbonyl (C=O) groups excluding carboxylic acids is 1. The molecule has 1 aromatic heterocycles. The lowest BCUT2D eigenvalue weighted by atomic mass is 9.89. The zero-order valence-electron chi connectivity index (χ0n) is 17.9. The van der Waals surface area contributed by atoms with Crippen molar-refractivity contribution in [3.8, 4) is 0 Å². The number of amides is 1. The molecule has 31 heavy (non-hydrogen) atoms. The largest absolute Gasteiger partial charge is 0.342 e. The molecule has 0 spiro atoms. The highest BCUT2D eigenvalue weighted by molar-refractivity contribution is 6.05. The standard InChI is InChI=1S/C25H29F2N3O/c1-2-3-5-10-17-13-22-23(29-24(28-22)16-8-6-4-7-9-16)15-21(17)30-25(31)19-12-11-18(26)14-20(19)27/h11-16H,2-10H2,1H3,(H,28,29)(H,30,31). The molecule has 4 nitrogen and oxygen atoms in total. The number of H-pyrrole nitrogens is 1. The van der Waals surface area contributed by atoms with Crippen LogP contribution in [0.25, 0.3) is 11.0 Å². The van der Waals surface area contributed by atoms with Crippen molar-refractivity contribution in [3.63, 3.8) is 0 Å². The van der Waals surface area contributed by atoms with Crippen LogP contribution in [0, 0.1) is 11.6 Å². The Kier molecular flexibility index (Phi) is 6.64. The average Bonchev–Trinajstić information content (AvgIpc) is 3.17. The minimum atomic E-state index is -0.870. The number of imidazole rings is 1. The third kappa shape index (κ3) is 4.94. The van der Waals surface area contributed by atoms with Gasteiger partial charge in [-0.25, -0.2) is 13.8 Å². The van der Waals surface area contributed by atoms with Gasteiger partial charge in [0.25, 0.3) is 5.91 Å².